The number of pyridine rings is 1. The summed E-state index contributed by atoms with van der Waals surface area (Å²) in [7, 11) is 0. The summed E-state index contributed by atoms with van der Waals surface area (Å²) < 4.78 is 40.7. The van der Waals surface area contributed by atoms with E-state index in [4.69, 9.17) is 9.47 Å². The van der Waals surface area contributed by atoms with Crippen LogP contribution in [-0.4, -0.2) is 67.8 Å². The Bertz CT molecular complexity index is 1060. The van der Waals surface area contributed by atoms with Crippen molar-refractivity contribution in [2.75, 3.05) is 44.8 Å². The first-order valence-electron chi connectivity index (χ1n) is 11.9. The van der Waals surface area contributed by atoms with Crippen molar-refractivity contribution in [3.05, 3.63) is 53.2 Å². The van der Waals surface area contributed by atoms with Crippen LogP contribution in [0.15, 0.2) is 36.4 Å². The molecule has 0 aliphatic carbocycles. The maximum atomic E-state index is 13.8. The topological polar surface area (TPSA) is 90.0 Å². The fraction of sp³-hybridized carbons (Fsp3) is 0.500. The number of aromatic nitrogens is 1. The Morgan fingerprint density at radius 3 is 2.56 bits per heavy atom. The van der Waals surface area contributed by atoms with E-state index in [-0.39, 0.29) is 30.0 Å². The first kappa shape index (κ1) is 27.5. The first-order valence-corrected chi connectivity index (χ1v) is 11.9. The number of amides is 1. The van der Waals surface area contributed by atoms with Gasteiger partial charge in [-0.1, -0.05) is 38.1 Å². The van der Waals surface area contributed by atoms with Gasteiger partial charge < -0.3 is 19.5 Å². The van der Waals surface area contributed by atoms with E-state index in [0.29, 0.717) is 38.5 Å². The van der Waals surface area contributed by atoms with Gasteiger partial charge in [0.15, 0.2) is 0 Å². The van der Waals surface area contributed by atoms with Crippen LogP contribution in [-0.2, 0) is 24.5 Å². The Morgan fingerprint density at radius 1 is 1.17 bits per heavy atom. The van der Waals surface area contributed by atoms with Gasteiger partial charge >= 0.3 is 12.6 Å². The summed E-state index contributed by atoms with van der Waals surface area (Å²) in [6.45, 7) is 6.21. The Labute approximate surface area is 209 Å². The van der Waals surface area contributed by atoms with Gasteiger partial charge in [-0.2, -0.15) is 8.78 Å². The molecular formula is C26H33F2N3O5. The maximum Gasteiger partial charge on any atom is 0.388 e. The molecule has 1 aromatic carbocycles. The number of nitrogens with zero attached hydrogens (tertiary/aromatic N) is 2. The van der Waals surface area contributed by atoms with Gasteiger partial charge in [0.05, 0.1) is 18.6 Å². The van der Waals surface area contributed by atoms with Crippen molar-refractivity contribution in [1.29, 1.82) is 0 Å². The molecule has 0 radical (unpaired) electrons. The number of benzene rings is 1. The van der Waals surface area contributed by atoms with Gasteiger partial charge in [-0.05, 0) is 43.0 Å². The molecule has 196 valence electrons. The van der Waals surface area contributed by atoms with Gasteiger partial charge in [0.2, 0.25) is 11.8 Å². The maximum absolute atomic E-state index is 13.8. The van der Waals surface area contributed by atoms with E-state index in [9.17, 15) is 18.4 Å². The zero-order chi connectivity index (χ0) is 26.3. The lowest BCUT2D eigenvalue weighted by atomic mass is 9.69. The molecule has 8 nitrogen and oxygen atoms in total. The van der Waals surface area contributed by atoms with Crippen LogP contribution in [0.25, 0.3) is 0 Å². The Balaban J connectivity index is 1.80. The SMILES string of the molecule is CCOC(=O)COCCN1CC(C(=O)Nc2ccc(C)nc2OC(F)F)(c2ccccc2C(C)C)C1. The minimum Gasteiger partial charge on any atom is -0.464 e. The molecule has 1 amide bonds. The molecular weight excluding hydrogens is 472 g/mol. The molecule has 0 atom stereocenters. The molecule has 1 aromatic heterocycles. The molecule has 1 N–H and O–H groups in total. The highest BCUT2D eigenvalue weighted by Crippen LogP contribution is 2.40. The number of nitrogens with one attached hydrogen (secondary N) is 1. The summed E-state index contributed by atoms with van der Waals surface area (Å²) in [5.74, 6) is -0.904. The van der Waals surface area contributed by atoms with Crippen molar-refractivity contribution >= 4 is 17.6 Å². The van der Waals surface area contributed by atoms with Crippen LogP contribution in [0.2, 0.25) is 0 Å². The summed E-state index contributed by atoms with van der Waals surface area (Å²) in [4.78, 5) is 31.3. The number of esters is 1. The average Bonchev–Trinajstić information content (AvgIpc) is 2.79. The molecule has 0 unspecified atom stereocenters. The molecule has 0 bridgehead atoms. The van der Waals surface area contributed by atoms with Gasteiger partial charge in [0.1, 0.15) is 12.3 Å². The van der Waals surface area contributed by atoms with Gasteiger partial charge in [-0.15, -0.1) is 0 Å². The quantitative estimate of drug-likeness (QED) is 0.346. The molecule has 0 spiro atoms. The van der Waals surface area contributed by atoms with Crippen LogP contribution in [0, 0.1) is 6.92 Å². The second-order valence-corrected chi connectivity index (χ2v) is 9.03. The molecule has 10 heteroatoms. The van der Waals surface area contributed by atoms with Crippen molar-refractivity contribution < 1.29 is 32.6 Å². The van der Waals surface area contributed by atoms with Crippen molar-refractivity contribution in [1.82, 2.24) is 9.88 Å². The Hall–Kier alpha value is -3.11. The zero-order valence-electron chi connectivity index (χ0n) is 21.1. The van der Waals surface area contributed by atoms with E-state index >= 15 is 0 Å². The number of likely N-dealkylation sites (tertiary alicyclic amines) is 1. The fourth-order valence-electron chi connectivity index (χ4n) is 4.34. The second-order valence-electron chi connectivity index (χ2n) is 9.03. The molecule has 0 saturated carbocycles. The highest BCUT2D eigenvalue weighted by atomic mass is 19.3. The third kappa shape index (κ3) is 6.55. The number of rotatable bonds is 12. The predicted molar refractivity (Wildman–Crippen MR) is 130 cm³/mol. The third-order valence-electron chi connectivity index (χ3n) is 6.05. The third-order valence-corrected chi connectivity index (χ3v) is 6.05. The van der Waals surface area contributed by atoms with E-state index in [1.54, 1.807) is 19.9 Å². The predicted octanol–water partition coefficient (Wildman–Crippen LogP) is 3.89. The molecule has 36 heavy (non-hydrogen) atoms. The summed E-state index contributed by atoms with van der Waals surface area (Å²) in [5, 5.41) is 2.79. The molecule has 2 heterocycles. The van der Waals surface area contributed by atoms with Crippen LogP contribution >= 0.6 is 0 Å². The van der Waals surface area contributed by atoms with E-state index < -0.39 is 18.0 Å². The number of hydrogen-bond donors (Lipinski definition) is 1. The van der Waals surface area contributed by atoms with Crippen LogP contribution in [0.1, 0.15) is 43.5 Å². The summed E-state index contributed by atoms with van der Waals surface area (Å²) in [5.41, 5.74) is 1.59. The van der Waals surface area contributed by atoms with E-state index in [0.717, 1.165) is 11.1 Å². The monoisotopic (exact) mass is 505 g/mol. The highest BCUT2D eigenvalue weighted by molar-refractivity contribution is 6.01. The lowest BCUT2D eigenvalue weighted by Crippen LogP contribution is -2.65. The van der Waals surface area contributed by atoms with Crippen LogP contribution in [0.4, 0.5) is 14.5 Å². The summed E-state index contributed by atoms with van der Waals surface area (Å²) in [6, 6.07) is 10.9. The molecule has 1 aliphatic heterocycles. The van der Waals surface area contributed by atoms with Crippen molar-refractivity contribution in [2.45, 2.75) is 45.6 Å². The first-order chi connectivity index (χ1) is 17.2. The van der Waals surface area contributed by atoms with Crippen molar-refractivity contribution in [3.63, 3.8) is 0 Å². The number of hydrogen-bond acceptors (Lipinski definition) is 7. The smallest absolute Gasteiger partial charge is 0.388 e. The number of carbonyl (C=O) groups excluding carboxylic acids is 2. The number of alkyl halides is 2. The standard InChI is InChI=1S/C26H33F2N3O5/c1-5-35-22(32)14-34-13-12-31-15-26(16-31,20-9-7-6-8-19(20)17(2)3)24(33)30-21-11-10-18(4)29-23(21)36-25(27)28/h6-11,17,25H,5,12-16H2,1-4H3,(H,30,33). The lowest BCUT2D eigenvalue weighted by Gasteiger charge is -2.50. The number of ether oxygens (including phenoxy) is 3. The molecule has 2 aromatic rings. The second kappa shape index (κ2) is 12.2. The number of carbonyl (C=O) groups is 2. The van der Waals surface area contributed by atoms with Gasteiger partial charge in [-0.3, -0.25) is 9.69 Å². The van der Waals surface area contributed by atoms with Crippen molar-refractivity contribution in [3.8, 4) is 5.88 Å². The molecule has 1 saturated heterocycles. The van der Waals surface area contributed by atoms with E-state index in [1.807, 2.05) is 29.2 Å². The molecule has 3 rings (SSSR count). The number of anilines is 1. The summed E-state index contributed by atoms with van der Waals surface area (Å²) >= 11 is 0. The normalized spacial score (nSPS) is 15.0. The van der Waals surface area contributed by atoms with E-state index in [2.05, 4.69) is 28.9 Å². The molecule has 1 aliphatic rings. The number of halogens is 2. The Kier molecular flexibility index (Phi) is 9.33. The van der Waals surface area contributed by atoms with Gasteiger partial charge in [0.25, 0.3) is 0 Å². The minimum atomic E-state index is -3.07. The highest BCUT2D eigenvalue weighted by Gasteiger charge is 2.51. The Morgan fingerprint density at radius 2 is 1.89 bits per heavy atom. The van der Waals surface area contributed by atoms with E-state index in [1.165, 1.54) is 6.07 Å². The van der Waals surface area contributed by atoms with Gasteiger partial charge in [-0.25, -0.2) is 9.78 Å². The summed E-state index contributed by atoms with van der Waals surface area (Å²) in [6.07, 6.45) is 0. The lowest BCUT2D eigenvalue weighted by molar-refractivity contribution is -0.148. The van der Waals surface area contributed by atoms with Crippen LogP contribution in [0.3, 0.4) is 0 Å². The number of aryl methyl sites for hydroxylation is 1. The zero-order valence-corrected chi connectivity index (χ0v) is 21.1. The van der Waals surface area contributed by atoms with Crippen LogP contribution in [0.5, 0.6) is 5.88 Å². The molecule has 1 fully saturated rings. The largest absolute Gasteiger partial charge is 0.464 e. The van der Waals surface area contributed by atoms with Crippen LogP contribution < -0.4 is 10.1 Å². The van der Waals surface area contributed by atoms with Gasteiger partial charge in [0, 0.05) is 25.3 Å². The fourth-order valence-corrected chi connectivity index (χ4v) is 4.34. The minimum absolute atomic E-state index is 0.0866. The van der Waals surface area contributed by atoms with Crippen molar-refractivity contribution in [2.24, 2.45) is 0 Å². The average molecular weight is 506 g/mol.